The first kappa shape index (κ1) is 9.72. The van der Waals surface area contributed by atoms with E-state index in [1.165, 1.54) is 6.20 Å². The van der Waals surface area contributed by atoms with Gasteiger partial charge in [0.2, 0.25) is 0 Å². The Labute approximate surface area is 86.7 Å². The molecular weight excluding hydrogens is 194 g/mol. The molecule has 15 heavy (non-hydrogen) atoms. The highest BCUT2D eigenvalue weighted by atomic mass is 16.3. The van der Waals surface area contributed by atoms with Crippen molar-refractivity contribution >= 4 is 5.82 Å². The number of aliphatic hydroxyl groups is 1. The van der Waals surface area contributed by atoms with E-state index in [0.29, 0.717) is 17.8 Å². The fraction of sp³-hybridized carbons (Fsp3) is 0.333. The molecule has 0 amide bonds. The van der Waals surface area contributed by atoms with Gasteiger partial charge in [-0.05, 0) is 5.56 Å². The molecule has 0 spiro atoms. The van der Waals surface area contributed by atoms with Gasteiger partial charge < -0.3 is 10.8 Å². The number of hydrogen-bond acceptors (Lipinski definition) is 4. The molecule has 0 saturated heterocycles. The number of nitrogens with one attached hydrogen (secondary N) is 1. The lowest BCUT2D eigenvalue weighted by atomic mass is 10.1. The molecule has 1 unspecified atom stereocenters. The average molecular weight is 207 g/mol. The maximum Gasteiger partial charge on any atom is 0.124 e. The Bertz CT molecular complexity index is 447. The molecule has 2 rings (SSSR count). The Morgan fingerprint density at radius 1 is 1.60 bits per heavy atom. The summed E-state index contributed by atoms with van der Waals surface area (Å²) in [6, 6.07) is 0. The number of nitrogen functional groups attached to an aromatic ring is 1. The van der Waals surface area contributed by atoms with Crippen LogP contribution in [0.25, 0.3) is 0 Å². The molecule has 0 radical (unpaired) electrons. The number of anilines is 1. The van der Waals surface area contributed by atoms with Crippen molar-refractivity contribution in [2.45, 2.75) is 12.5 Å². The molecule has 0 aliphatic rings. The number of aryl methyl sites for hydroxylation is 1. The first-order chi connectivity index (χ1) is 7.16. The van der Waals surface area contributed by atoms with Crippen molar-refractivity contribution < 1.29 is 5.11 Å². The number of aromatic nitrogens is 4. The highest BCUT2D eigenvalue weighted by molar-refractivity contribution is 5.39. The fourth-order valence-corrected chi connectivity index (χ4v) is 1.48. The Balaban J connectivity index is 2.10. The summed E-state index contributed by atoms with van der Waals surface area (Å²) >= 11 is 0. The van der Waals surface area contributed by atoms with Crippen LogP contribution >= 0.6 is 0 Å². The van der Waals surface area contributed by atoms with Crippen molar-refractivity contribution in [1.82, 2.24) is 20.0 Å². The van der Waals surface area contributed by atoms with Crippen molar-refractivity contribution in [2.24, 2.45) is 7.05 Å². The van der Waals surface area contributed by atoms with Crippen LogP contribution in [-0.4, -0.2) is 25.1 Å². The summed E-state index contributed by atoms with van der Waals surface area (Å²) in [6.07, 6.45) is 4.96. The molecule has 0 saturated carbocycles. The van der Waals surface area contributed by atoms with E-state index in [1.54, 1.807) is 10.9 Å². The first-order valence-corrected chi connectivity index (χ1v) is 4.61. The molecule has 2 aromatic heterocycles. The van der Waals surface area contributed by atoms with E-state index >= 15 is 0 Å². The zero-order chi connectivity index (χ0) is 10.8. The quantitative estimate of drug-likeness (QED) is 0.660. The molecular formula is C9H13N5O. The number of H-pyrrole nitrogens is 1. The van der Waals surface area contributed by atoms with Gasteiger partial charge in [0.05, 0.1) is 18.5 Å². The van der Waals surface area contributed by atoms with Crippen LogP contribution in [0.2, 0.25) is 0 Å². The van der Waals surface area contributed by atoms with Gasteiger partial charge in [0.1, 0.15) is 5.82 Å². The Kier molecular flexibility index (Phi) is 2.42. The van der Waals surface area contributed by atoms with E-state index < -0.39 is 6.10 Å². The highest BCUT2D eigenvalue weighted by Gasteiger charge is 2.14. The summed E-state index contributed by atoms with van der Waals surface area (Å²) in [5.74, 6) is 0.409. The number of hydrogen-bond donors (Lipinski definition) is 3. The fourth-order valence-electron chi connectivity index (χ4n) is 1.48. The molecule has 6 heteroatoms. The maximum atomic E-state index is 9.88. The minimum absolute atomic E-state index is 0.409. The number of aliphatic hydroxyl groups excluding tert-OH is 1. The van der Waals surface area contributed by atoms with Gasteiger partial charge in [-0.25, -0.2) is 0 Å². The average Bonchev–Trinajstić information content (AvgIpc) is 2.75. The molecule has 4 N–H and O–H groups in total. The van der Waals surface area contributed by atoms with Crippen LogP contribution in [0.15, 0.2) is 18.6 Å². The van der Waals surface area contributed by atoms with Gasteiger partial charge in [0.15, 0.2) is 0 Å². The third-order valence-electron chi connectivity index (χ3n) is 2.25. The third-order valence-corrected chi connectivity index (χ3v) is 2.25. The van der Waals surface area contributed by atoms with E-state index in [-0.39, 0.29) is 0 Å². The lowest BCUT2D eigenvalue weighted by Crippen LogP contribution is -2.03. The van der Waals surface area contributed by atoms with Gasteiger partial charge in [-0.2, -0.15) is 10.2 Å². The monoisotopic (exact) mass is 207 g/mol. The predicted molar refractivity (Wildman–Crippen MR) is 54.9 cm³/mol. The van der Waals surface area contributed by atoms with Gasteiger partial charge in [0, 0.05) is 25.2 Å². The number of nitrogens with two attached hydrogens (primary N) is 1. The highest BCUT2D eigenvalue weighted by Crippen LogP contribution is 2.21. The van der Waals surface area contributed by atoms with Crippen LogP contribution in [0.5, 0.6) is 0 Å². The van der Waals surface area contributed by atoms with E-state index in [2.05, 4.69) is 15.3 Å². The first-order valence-electron chi connectivity index (χ1n) is 4.61. The lowest BCUT2D eigenvalue weighted by molar-refractivity contribution is 0.179. The van der Waals surface area contributed by atoms with E-state index in [1.807, 2.05) is 13.2 Å². The second-order valence-corrected chi connectivity index (χ2v) is 3.48. The molecule has 6 nitrogen and oxygen atoms in total. The summed E-state index contributed by atoms with van der Waals surface area (Å²) in [5.41, 5.74) is 7.19. The van der Waals surface area contributed by atoms with Gasteiger partial charge in [-0.1, -0.05) is 0 Å². The van der Waals surface area contributed by atoms with Crippen LogP contribution in [0.4, 0.5) is 5.82 Å². The number of aromatic amines is 1. The Hall–Kier alpha value is -1.82. The molecule has 2 aromatic rings. The third kappa shape index (κ3) is 1.99. The topological polar surface area (TPSA) is 92.8 Å². The van der Waals surface area contributed by atoms with Crippen LogP contribution in [0.1, 0.15) is 17.2 Å². The molecule has 1 atom stereocenters. The van der Waals surface area contributed by atoms with Crippen molar-refractivity contribution in [1.29, 1.82) is 0 Å². The standard InChI is InChI=1S/C9H13N5O/c1-14-5-6(3-12-14)2-8(15)7-4-11-13-9(7)10/h3-5,8,15H,2H2,1H3,(H3,10,11,13). The normalized spacial score (nSPS) is 12.9. The molecule has 0 aromatic carbocycles. The van der Waals surface area contributed by atoms with Gasteiger partial charge in [-0.3, -0.25) is 9.78 Å². The zero-order valence-electron chi connectivity index (χ0n) is 8.38. The summed E-state index contributed by atoms with van der Waals surface area (Å²) < 4.78 is 1.70. The minimum atomic E-state index is -0.645. The smallest absolute Gasteiger partial charge is 0.124 e. The summed E-state index contributed by atoms with van der Waals surface area (Å²) in [5, 5.41) is 20.2. The van der Waals surface area contributed by atoms with Crippen LogP contribution in [0.3, 0.4) is 0 Å². The summed E-state index contributed by atoms with van der Waals surface area (Å²) in [7, 11) is 1.84. The zero-order valence-corrected chi connectivity index (χ0v) is 8.38. The van der Waals surface area contributed by atoms with Gasteiger partial charge >= 0.3 is 0 Å². The van der Waals surface area contributed by atoms with E-state index in [9.17, 15) is 5.11 Å². The van der Waals surface area contributed by atoms with Crippen LogP contribution in [-0.2, 0) is 13.5 Å². The SMILES string of the molecule is Cn1cc(CC(O)c2cn[nH]c2N)cn1. The number of nitrogens with zero attached hydrogens (tertiary/aromatic N) is 3. The van der Waals surface area contributed by atoms with Crippen LogP contribution < -0.4 is 5.73 Å². The predicted octanol–water partition coefficient (Wildman–Crippen LogP) is 0.00150. The van der Waals surface area contributed by atoms with Crippen molar-refractivity contribution in [2.75, 3.05) is 5.73 Å². The molecule has 0 fully saturated rings. The van der Waals surface area contributed by atoms with Crippen molar-refractivity contribution in [3.63, 3.8) is 0 Å². The molecule has 0 aliphatic carbocycles. The van der Waals surface area contributed by atoms with Gasteiger partial charge in [-0.15, -0.1) is 0 Å². The Morgan fingerprint density at radius 2 is 2.40 bits per heavy atom. The van der Waals surface area contributed by atoms with E-state index in [4.69, 9.17) is 5.73 Å². The molecule has 0 aliphatic heterocycles. The lowest BCUT2D eigenvalue weighted by Gasteiger charge is -2.07. The van der Waals surface area contributed by atoms with Crippen molar-refractivity contribution in [3.8, 4) is 0 Å². The van der Waals surface area contributed by atoms with Crippen molar-refractivity contribution in [3.05, 3.63) is 29.7 Å². The molecule has 2 heterocycles. The molecule has 0 bridgehead atoms. The van der Waals surface area contributed by atoms with Gasteiger partial charge in [0.25, 0.3) is 0 Å². The maximum absolute atomic E-state index is 9.88. The largest absolute Gasteiger partial charge is 0.388 e. The van der Waals surface area contributed by atoms with E-state index in [0.717, 1.165) is 5.56 Å². The second-order valence-electron chi connectivity index (χ2n) is 3.48. The summed E-state index contributed by atoms with van der Waals surface area (Å²) in [4.78, 5) is 0. The van der Waals surface area contributed by atoms with Crippen LogP contribution in [0, 0.1) is 0 Å². The second kappa shape index (κ2) is 3.74. The Morgan fingerprint density at radius 3 is 2.93 bits per heavy atom. The number of rotatable bonds is 3. The molecule has 80 valence electrons. The minimum Gasteiger partial charge on any atom is -0.388 e. The summed E-state index contributed by atoms with van der Waals surface area (Å²) in [6.45, 7) is 0.